The largest absolute Gasteiger partial charge is 0.483 e. The molecule has 0 radical (unpaired) electrons. The minimum Gasteiger partial charge on any atom is -0.483 e. The van der Waals surface area contributed by atoms with Gasteiger partial charge in [-0.05, 0) is 72.1 Å². The lowest BCUT2D eigenvalue weighted by atomic mass is 9.76. The van der Waals surface area contributed by atoms with E-state index in [2.05, 4.69) is 64.1 Å². The Labute approximate surface area is 297 Å². The molecule has 4 aromatic rings. The van der Waals surface area contributed by atoms with E-state index in [0.717, 1.165) is 18.4 Å². The molecule has 1 heterocycles. The number of nitrogens with zero attached hydrogens (tertiary/aromatic N) is 2. The molecule has 3 aromatic carbocycles. The second kappa shape index (κ2) is 15.2. The number of carbonyl (C=O) groups excluding carboxylic acids is 2. The minimum atomic E-state index is -0.458. The van der Waals surface area contributed by atoms with Crippen LogP contribution in [0, 0.1) is 0 Å². The molecule has 0 aliphatic carbocycles. The van der Waals surface area contributed by atoms with Crippen molar-refractivity contribution in [3.63, 3.8) is 0 Å². The number of carbonyl (C=O) groups is 2. The van der Waals surface area contributed by atoms with Gasteiger partial charge < -0.3 is 10.1 Å². The quantitative estimate of drug-likeness (QED) is 0.144. The third-order valence-electron chi connectivity index (χ3n) is 8.91. The number of nitrogens with one attached hydrogen (secondary N) is 2. The van der Waals surface area contributed by atoms with Crippen molar-refractivity contribution in [1.82, 2.24) is 9.78 Å². The third-order valence-corrected chi connectivity index (χ3v) is 9.70. The standard InChI is InChI=1S/C37H43Cl3N4O4/c1-8-16-43(31-21-33(46)44(42-31)34-28(39)19-25(38)20-29(34)40)35(47)23-12-11-13-26(17-23)41-32(45)22-48-30-15-14-24(36(4,5)9-2)18-27(30)37(6,7)10-3/h11-15,17-21,42H,8-10,16,22H2,1-7H3,(H,41,45). The van der Waals surface area contributed by atoms with Gasteiger partial charge >= 0.3 is 0 Å². The topological polar surface area (TPSA) is 96.4 Å². The van der Waals surface area contributed by atoms with Crippen molar-refractivity contribution >= 4 is 58.1 Å². The molecule has 2 N–H and O–H groups in total. The van der Waals surface area contributed by atoms with E-state index in [0.29, 0.717) is 35.0 Å². The van der Waals surface area contributed by atoms with Crippen LogP contribution in [0.2, 0.25) is 15.1 Å². The van der Waals surface area contributed by atoms with E-state index in [-0.39, 0.29) is 50.8 Å². The molecule has 8 nitrogen and oxygen atoms in total. The maximum atomic E-state index is 13.8. The second-order valence-electron chi connectivity index (χ2n) is 13.1. The number of ether oxygens (including phenoxy) is 1. The van der Waals surface area contributed by atoms with Crippen molar-refractivity contribution in [1.29, 1.82) is 0 Å². The molecular weight excluding hydrogens is 671 g/mol. The first kappa shape index (κ1) is 37.1. The normalized spacial score (nSPS) is 11.8. The number of anilines is 2. The van der Waals surface area contributed by atoms with E-state index in [9.17, 15) is 14.4 Å². The summed E-state index contributed by atoms with van der Waals surface area (Å²) in [4.78, 5) is 41.3. The minimum absolute atomic E-state index is 0.0149. The van der Waals surface area contributed by atoms with E-state index >= 15 is 0 Å². The summed E-state index contributed by atoms with van der Waals surface area (Å²) in [6, 6.07) is 17.1. The van der Waals surface area contributed by atoms with Gasteiger partial charge in [-0.2, -0.15) is 0 Å². The van der Waals surface area contributed by atoms with Crippen molar-refractivity contribution in [2.24, 2.45) is 0 Å². The fourth-order valence-corrected chi connectivity index (χ4v) is 6.20. The molecule has 256 valence electrons. The Bertz CT molecular complexity index is 1840. The van der Waals surface area contributed by atoms with Gasteiger partial charge in [-0.3, -0.25) is 24.4 Å². The number of halogens is 3. The van der Waals surface area contributed by atoms with Crippen LogP contribution in [0.15, 0.2) is 65.5 Å². The molecule has 0 saturated heterocycles. The molecule has 0 atom stereocenters. The summed E-state index contributed by atoms with van der Waals surface area (Å²) in [5.41, 5.74) is 2.68. The number of hydrogen-bond acceptors (Lipinski definition) is 4. The lowest BCUT2D eigenvalue weighted by Gasteiger charge is -2.30. The smallest absolute Gasteiger partial charge is 0.273 e. The first-order valence-electron chi connectivity index (χ1n) is 16.1. The predicted octanol–water partition coefficient (Wildman–Crippen LogP) is 9.58. The summed E-state index contributed by atoms with van der Waals surface area (Å²) in [5.74, 6) is 0.207. The number of aromatic amines is 1. The fourth-order valence-electron chi connectivity index (χ4n) is 5.22. The van der Waals surface area contributed by atoms with Gasteiger partial charge in [0.05, 0.1) is 10.0 Å². The van der Waals surface area contributed by atoms with Gasteiger partial charge in [-0.25, -0.2) is 4.68 Å². The van der Waals surface area contributed by atoms with Crippen LogP contribution in [0.25, 0.3) is 5.69 Å². The fraction of sp³-hybridized carbons (Fsp3) is 0.378. The zero-order chi connectivity index (χ0) is 35.4. The van der Waals surface area contributed by atoms with E-state index < -0.39 is 5.56 Å². The van der Waals surface area contributed by atoms with Gasteiger partial charge in [0.2, 0.25) is 0 Å². The molecule has 0 aliphatic heterocycles. The maximum absolute atomic E-state index is 13.8. The molecule has 0 spiro atoms. The first-order chi connectivity index (χ1) is 22.6. The monoisotopic (exact) mass is 712 g/mol. The van der Waals surface area contributed by atoms with Gasteiger partial charge in [0.1, 0.15) is 17.3 Å². The highest BCUT2D eigenvalue weighted by atomic mass is 35.5. The summed E-state index contributed by atoms with van der Waals surface area (Å²) in [6.45, 7) is 15.2. The average Bonchev–Trinajstić information content (AvgIpc) is 3.41. The lowest BCUT2D eigenvalue weighted by molar-refractivity contribution is -0.118. The third kappa shape index (κ3) is 8.28. The Morgan fingerprint density at radius 2 is 1.56 bits per heavy atom. The Hall–Kier alpha value is -3.72. The Morgan fingerprint density at radius 3 is 2.19 bits per heavy atom. The number of aromatic nitrogens is 2. The van der Waals surface area contributed by atoms with Gasteiger partial charge in [-0.1, -0.05) is 101 Å². The van der Waals surface area contributed by atoms with E-state index in [1.165, 1.54) is 33.3 Å². The molecule has 4 rings (SSSR count). The van der Waals surface area contributed by atoms with Crippen molar-refractivity contribution < 1.29 is 14.3 Å². The molecule has 1 aromatic heterocycles. The van der Waals surface area contributed by atoms with Crippen molar-refractivity contribution in [2.75, 3.05) is 23.4 Å². The van der Waals surface area contributed by atoms with Crippen molar-refractivity contribution in [2.45, 2.75) is 78.6 Å². The highest BCUT2D eigenvalue weighted by Gasteiger charge is 2.27. The zero-order valence-electron chi connectivity index (χ0n) is 28.5. The van der Waals surface area contributed by atoms with Crippen LogP contribution in [0.3, 0.4) is 0 Å². The Kier molecular flexibility index (Phi) is 11.8. The van der Waals surface area contributed by atoms with E-state index in [4.69, 9.17) is 39.5 Å². The van der Waals surface area contributed by atoms with Gasteiger partial charge in [-0.15, -0.1) is 0 Å². The maximum Gasteiger partial charge on any atom is 0.273 e. The van der Waals surface area contributed by atoms with Crippen molar-refractivity contribution in [3.05, 3.63) is 103 Å². The Balaban J connectivity index is 1.53. The van der Waals surface area contributed by atoms with Crippen LogP contribution >= 0.6 is 34.8 Å². The highest BCUT2D eigenvalue weighted by Crippen LogP contribution is 2.38. The first-order valence-corrected chi connectivity index (χ1v) is 17.2. The lowest BCUT2D eigenvalue weighted by Crippen LogP contribution is -2.32. The molecule has 0 fully saturated rings. The molecule has 0 aliphatic rings. The van der Waals surface area contributed by atoms with Crippen LogP contribution in [0.5, 0.6) is 5.75 Å². The van der Waals surface area contributed by atoms with Gasteiger partial charge in [0.25, 0.3) is 17.4 Å². The number of H-pyrrole nitrogens is 1. The number of rotatable bonds is 13. The van der Waals surface area contributed by atoms with E-state index in [1.54, 1.807) is 24.3 Å². The summed E-state index contributed by atoms with van der Waals surface area (Å²) < 4.78 is 7.27. The average molecular weight is 714 g/mol. The highest BCUT2D eigenvalue weighted by molar-refractivity contribution is 6.40. The van der Waals surface area contributed by atoms with Crippen LogP contribution in [-0.2, 0) is 15.6 Å². The summed E-state index contributed by atoms with van der Waals surface area (Å²) in [5, 5.41) is 6.48. The predicted molar refractivity (Wildman–Crippen MR) is 197 cm³/mol. The van der Waals surface area contributed by atoms with Gasteiger partial charge in [0, 0.05) is 34.4 Å². The van der Waals surface area contributed by atoms with Crippen LogP contribution in [-0.4, -0.2) is 34.7 Å². The number of hydrogen-bond donors (Lipinski definition) is 2. The molecule has 0 bridgehead atoms. The molecular formula is C37H43Cl3N4O4. The molecule has 0 unspecified atom stereocenters. The molecule has 11 heteroatoms. The Morgan fingerprint density at radius 1 is 0.896 bits per heavy atom. The SMILES string of the molecule is CCCN(C(=O)c1cccc(NC(=O)COc2ccc(C(C)(C)CC)cc2C(C)(C)CC)c1)c1cc(=O)n(-c2c(Cl)cc(Cl)cc2Cl)[nH]1. The summed E-state index contributed by atoms with van der Waals surface area (Å²) in [7, 11) is 0. The number of amides is 2. The van der Waals surface area contributed by atoms with Crippen LogP contribution < -0.4 is 20.5 Å². The summed E-state index contributed by atoms with van der Waals surface area (Å²) >= 11 is 18.8. The molecule has 2 amide bonds. The summed E-state index contributed by atoms with van der Waals surface area (Å²) in [6.07, 6.45) is 2.52. The van der Waals surface area contributed by atoms with Crippen LogP contribution in [0.1, 0.15) is 89.2 Å². The molecule has 0 saturated carbocycles. The number of benzene rings is 3. The van der Waals surface area contributed by atoms with Gasteiger partial charge in [0.15, 0.2) is 6.61 Å². The second-order valence-corrected chi connectivity index (χ2v) is 14.3. The van der Waals surface area contributed by atoms with Crippen LogP contribution in [0.4, 0.5) is 11.5 Å². The van der Waals surface area contributed by atoms with Crippen molar-refractivity contribution in [3.8, 4) is 11.4 Å². The zero-order valence-corrected chi connectivity index (χ0v) is 30.7. The molecule has 48 heavy (non-hydrogen) atoms. The van der Waals surface area contributed by atoms with E-state index in [1.807, 2.05) is 13.0 Å².